The Labute approximate surface area is 208 Å². The highest BCUT2D eigenvalue weighted by atomic mass is 16.6. The first kappa shape index (κ1) is 26.1. The lowest BCUT2D eigenvalue weighted by Gasteiger charge is -2.38. The third-order valence-corrected chi connectivity index (χ3v) is 8.35. The molecular weight excluding hydrogens is 452 g/mol. The van der Waals surface area contributed by atoms with Crippen molar-refractivity contribution >= 4 is 0 Å². The second-order valence-corrected chi connectivity index (χ2v) is 10.9. The van der Waals surface area contributed by atoms with Crippen LogP contribution in [0.5, 0.6) is 0 Å². The highest BCUT2D eigenvalue weighted by Crippen LogP contribution is 2.28. The number of likely N-dealkylation sites (N-methyl/N-ethyl adjacent to an activating group) is 1. The van der Waals surface area contributed by atoms with Crippen molar-refractivity contribution in [1.29, 1.82) is 0 Å². The minimum Gasteiger partial charge on any atom is -0.387 e. The SMILES string of the molecule is CN(CCN1CCC(OC2CCCCN2)CC1)C[C@H]1OC(N2CNC3C(N)NCNC32)[C@H](O)[C@@H]1O. The number of aliphatic hydroxyl groups excluding tert-OH is 2. The summed E-state index contributed by atoms with van der Waals surface area (Å²) in [6.45, 7) is 6.78. The van der Waals surface area contributed by atoms with Crippen molar-refractivity contribution in [2.45, 2.75) is 87.3 Å². The molecule has 5 saturated heterocycles. The average molecular weight is 499 g/mol. The van der Waals surface area contributed by atoms with Crippen LogP contribution in [0.3, 0.4) is 0 Å². The third-order valence-electron chi connectivity index (χ3n) is 8.35. The van der Waals surface area contributed by atoms with E-state index in [2.05, 4.69) is 38.1 Å². The lowest BCUT2D eigenvalue weighted by molar-refractivity contribution is -0.106. The molecule has 5 unspecified atom stereocenters. The number of aliphatic hydroxyl groups is 2. The summed E-state index contributed by atoms with van der Waals surface area (Å²) in [5, 5.41) is 34.9. The Kier molecular flexibility index (Phi) is 8.91. The van der Waals surface area contributed by atoms with E-state index < -0.39 is 24.5 Å². The van der Waals surface area contributed by atoms with Crippen molar-refractivity contribution in [2.24, 2.45) is 5.73 Å². The van der Waals surface area contributed by atoms with Crippen molar-refractivity contribution in [3.8, 4) is 0 Å². The van der Waals surface area contributed by atoms with Crippen LogP contribution in [-0.2, 0) is 9.47 Å². The molecule has 5 aliphatic heterocycles. The molecule has 5 rings (SSSR count). The number of nitrogens with two attached hydrogens (primary N) is 1. The first-order chi connectivity index (χ1) is 17.0. The van der Waals surface area contributed by atoms with Crippen molar-refractivity contribution in [3.05, 3.63) is 0 Å². The van der Waals surface area contributed by atoms with E-state index in [0.717, 1.165) is 52.0 Å². The van der Waals surface area contributed by atoms with Gasteiger partial charge < -0.3 is 35.2 Å². The summed E-state index contributed by atoms with van der Waals surface area (Å²) < 4.78 is 12.5. The average Bonchev–Trinajstić information content (AvgIpc) is 3.42. The van der Waals surface area contributed by atoms with Gasteiger partial charge in [-0.1, -0.05) is 0 Å². The Morgan fingerprint density at radius 2 is 1.89 bits per heavy atom. The van der Waals surface area contributed by atoms with Crippen LogP contribution in [0.25, 0.3) is 0 Å². The highest BCUT2D eigenvalue weighted by molar-refractivity contribution is 5.01. The quantitative estimate of drug-likeness (QED) is 0.183. The number of rotatable bonds is 8. The van der Waals surface area contributed by atoms with Crippen LogP contribution in [0.15, 0.2) is 0 Å². The van der Waals surface area contributed by atoms with Crippen LogP contribution in [0, 0.1) is 0 Å². The van der Waals surface area contributed by atoms with Crippen molar-refractivity contribution in [1.82, 2.24) is 36.0 Å². The van der Waals surface area contributed by atoms with Gasteiger partial charge in [0.1, 0.15) is 30.8 Å². The molecule has 8 atom stereocenters. The summed E-state index contributed by atoms with van der Waals surface area (Å²) in [5.74, 6) is 0. The van der Waals surface area contributed by atoms with Crippen LogP contribution < -0.4 is 27.0 Å². The van der Waals surface area contributed by atoms with Crippen molar-refractivity contribution in [2.75, 3.05) is 59.7 Å². The lowest BCUT2D eigenvalue weighted by Crippen LogP contribution is -2.68. The molecule has 12 heteroatoms. The number of hydrogen-bond donors (Lipinski definition) is 7. The summed E-state index contributed by atoms with van der Waals surface area (Å²) in [7, 11) is 2.06. The molecule has 35 heavy (non-hydrogen) atoms. The van der Waals surface area contributed by atoms with Crippen molar-refractivity contribution < 1.29 is 19.7 Å². The van der Waals surface area contributed by atoms with E-state index in [1.54, 1.807) is 0 Å². The third kappa shape index (κ3) is 6.16. The fourth-order valence-corrected chi connectivity index (χ4v) is 6.15. The Bertz CT molecular complexity index is 665. The Morgan fingerprint density at radius 1 is 1.06 bits per heavy atom. The van der Waals surface area contributed by atoms with Gasteiger partial charge in [0, 0.05) is 39.4 Å². The molecule has 0 aromatic carbocycles. The van der Waals surface area contributed by atoms with Gasteiger partial charge in [0.25, 0.3) is 0 Å². The zero-order chi connectivity index (χ0) is 24.4. The molecule has 5 aliphatic rings. The molecule has 0 aliphatic carbocycles. The second kappa shape index (κ2) is 11.9. The standard InChI is InChI=1S/C23H46N8O4/c1-29(10-11-30-8-5-15(6-9-30)34-17-4-2-3-7-25-17)12-16-19(32)20(33)23(35-16)31-14-28-18-21(24)26-13-27-22(18)31/h15-23,25-28,32-33H,2-14,24H2,1H3/t16-,17?,18?,19-,20-,21?,22?,23?/m1/s1. The maximum absolute atomic E-state index is 10.8. The van der Waals surface area contributed by atoms with E-state index in [-0.39, 0.29) is 24.6 Å². The number of fused-ring (bicyclic) bond motifs is 1. The van der Waals surface area contributed by atoms with E-state index in [0.29, 0.717) is 26.0 Å². The Morgan fingerprint density at radius 3 is 2.66 bits per heavy atom. The first-order valence-electron chi connectivity index (χ1n) is 13.5. The smallest absolute Gasteiger partial charge is 0.142 e. The molecule has 0 saturated carbocycles. The predicted octanol–water partition coefficient (Wildman–Crippen LogP) is -3.06. The van der Waals surface area contributed by atoms with Gasteiger partial charge in [-0.2, -0.15) is 0 Å². The molecule has 5 heterocycles. The fourth-order valence-electron chi connectivity index (χ4n) is 6.15. The van der Waals surface area contributed by atoms with Gasteiger partial charge in [-0.25, -0.2) is 4.90 Å². The number of nitrogens with zero attached hydrogens (tertiary/aromatic N) is 3. The zero-order valence-electron chi connectivity index (χ0n) is 21.0. The van der Waals surface area contributed by atoms with Crippen LogP contribution in [0.4, 0.5) is 0 Å². The summed E-state index contributed by atoms with van der Waals surface area (Å²) in [4.78, 5) is 6.73. The van der Waals surface area contributed by atoms with Crippen LogP contribution in [-0.4, -0.2) is 140 Å². The maximum atomic E-state index is 10.8. The molecule has 202 valence electrons. The lowest BCUT2D eigenvalue weighted by atomic mass is 10.1. The van der Waals surface area contributed by atoms with Gasteiger partial charge in [0.15, 0.2) is 0 Å². The highest BCUT2D eigenvalue weighted by Gasteiger charge is 2.51. The van der Waals surface area contributed by atoms with E-state index in [4.69, 9.17) is 15.2 Å². The number of ether oxygens (including phenoxy) is 2. The zero-order valence-corrected chi connectivity index (χ0v) is 21.0. The van der Waals surface area contributed by atoms with Gasteiger partial charge in [-0.15, -0.1) is 0 Å². The van der Waals surface area contributed by atoms with E-state index in [9.17, 15) is 10.2 Å². The van der Waals surface area contributed by atoms with Crippen molar-refractivity contribution in [3.63, 3.8) is 0 Å². The van der Waals surface area contributed by atoms with Gasteiger partial charge in [-0.3, -0.25) is 21.3 Å². The molecule has 8 N–H and O–H groups in total. The molecule has 0 aromatic rings. The van der Waals surface area contributed by atoms with Gasteiger partial charge in [-0.05, 0) is 45.7 Å². The molecule has 0 amide bonds. The molecule has 0 radical (unpaired) electrons. The maximum Gasteiger partial charge on any atom is 0.142 e. The largest absolute Gasteiger partial charge is 0.387 e. The molecule has 12 nitrogen and oxygen atoms in total. The summed E-state index contributed by atoms with van der Waals surface area (Å²) in [5.41, 5.74) is 6.17. The molecule has 0 spiro atoms. The summed E-state index contributed by atoms with van der Waals surface area (Å²) in [6.07, 6.45) is 3.33. The molecule has 0 aromatic heterocycles. The van der Waals surface area contributed by atoms with E-state index in [1.165, 1.54) is 12.8 Å². The first-order valence-corrected chi connectivity index (χ1v) is 13.5. The number of piperidine rings is 2. The number of likely N-dealkylation sites (tertiary alicyclic amines) is 1. The minimum absolute atomic E-state index is 0.0203. The molecule has 5 fully saturated rings. The predicted molar refractivity (Wildman–Crippen MR) is 131 cm³/mol. The van der Waals surface area contributed by atoms with Crippen LogP contribution in [0.1, 0.15) is 32.1 Å². The fraction of sp³-hybridized carbons (Fsp3) is 1.00. The Balaban J connectivity index is 1.03. The number of hydrogen-bond acceptors (Lipinski definition) is 12. The Hall–Kier alpha value is -0.480. The normalized spacial score (nSPS) is 42.1. The minimum atomic E-state index is -0.959. The monoisotopic (exact) mass is 498 g/mol. The number of nitrogens with one attached hydrogen (secondary N) is 4. The summed E-state index contributed by atoms with van der Waals surface area (Å²) >= 11 is 0. The van der Waals surface area contributed by atoms with E-state index >= 15 is 0 Å². The van der Waals surface area contributed by atoms with E-state index in [1.807, 2.05) is 4.90 Å². The molecular formula is C23H46N8O4. The van der Waals surface area contributed by atoms with Gasteiger partial charge in [0.05, 0.1) is 31.1 Å². The summed E-state index contributed by atoms with van der Waals surface area (Å²) in [6, 6.07) is 0.0203. The van der Waals surface area contributed by atoms with Gasteiger partial charge >= 0.3 is 0 Å². The second-order valence-electron chi connectivity index (χ2n) is 10.9. The van der Waals surface area contributed by atoms with Crippen LogP contribution >= 0.6 is 0 Å². The van der Waals surface area contributed by atoms with Gasteiger partial charge in [0.2, 0.25) is 0 Å². The topological polar surface area (TPSA) is 143 Å². The molecule has 0 bridgehead atoms. The van der Waals surface area contributed by atoms with Crippen LogP contribution in [0.2, 0.25) is 0 Å².